The van der Waals surface area contributed by atoms with E-state index in [9.17, 15) is 13.2 Å². The zero-order valence-corrected chi connectivity index (χ0v) is 11.4. The van der Waals surface area contributed by atoms with E-state index in [2.05, 4.69) is 20.6 Å². The molecule has 2 rings (SSSR count). The average Bonchev–Trinajstić information content (AvgIpc) is 2.80. The molecule has 1 atom stereocenters. The van der Waals surface area contributed by atoms with E-state index in [4.69, 9.17) is 0 Å². The summed E-state index contributed by atoms with van der Waals surface area (Å²) in [6.07, 6.45) is 4.22. The lowest BCUT2D eigenvalue weighted by Crippen LogP contribution is -2.47. The summed E-state index contributed by atoms with van der Waals surface area (Å²) in [7, 11) is -2.99. The monoisotopic (exact) mass is 286 g/mol. The zero-order valence-electron chi connectivity index (χ0n) is 10.6. The quantitative estimate of drug-likeness (QED) is 0.634. The van der Waals surface area contributed by atoms with Crippen LogP contribution in [0.4, 0.5) is 0 Å². The summed E-state index contributed by atoms with van der Waals surface area (Å²) in [4.78, 5) is 18.7. The van der Waals surface area contributed by atoms with Crippen molar-refractivity contribution in [2.24, 2.45) is 0 Å². The van der Waals surface area contributed by atoms with E-state index in [0.29, 0.717) is 19.5 Å². The van der Waals surface area contributed by atoms with Crippen molar-refractivity contribution in [1.82, 2.24) is 20.6 Å². The second kappa shape index (κ2) is 6.16. The second-order valence-electron chi connectivity index (χ2n) is 4.61. The molecule has 1 aliphatic heterocycles. The molecule has 0 aromatic carbocycles. The van der Waals surface area contributed by atoms with Crippen LogP contribution < -0.4 is 10.6 Å². The number of carbonyl (C=O) groups is 1. The first kappa shape index (κ1) is 14.0. The Labute approximate surface area is 112 Å². The van der Waals surface area contributed by atoms with Crippen molar-refractivity contribution >= 4 is 15.7 Å². The topological polar surface area (TPSA) is 104 Å². The van der Waals surface area contributed by atoms with Crippen molar-refractivity contribution in [2.45, 2.75) is 18.9 Å². The number of H-pyrrole nitrogens is 1. The Morgan fingerprint density at radius 3 is 3.05 bits per heavy atom. The molecule has 1 saturated heterocycles. The first-order chi connectivity index (χ1) is 9.05. The molecule has 3 N–H and O–H groups in total. The van der Waals surface area contributed by atoms with Gasteiger partial charge in [-0.15, -0.1) is 0 Å². The van der Waals surface area contributed by atoms with Crippen LogP contribution in [0.15, 0.2) is 12.4 Å². The Bertz CT molecular complexity index is 512. The number of nitrogens with zero attached hydrogens (tertiary/aromatic N) is 1. The predicted molar refractivity (Wildman–Crippen MR) is 70.4 cm³/mol. The number of carbonyl (C=O) groups excluding carboxylic acids is 1. The van der Waals surface area contributed by atoms with Gasteiger partial charge in [0, 0.05) is 44.4 Å². The Morgan fingerprint density at radius 2 is 2.37 bits per heavy atom. The predicted octanol–water partition coefficient (Wildman–Crippen LogP) is -1.15. The molecule has 0 bridgehead atoms. The number of aromatic amines is 1. The van der Waals surface area contributed by atoms with Gasteiger partial charge in [-0.05, 0) is 0 Å². The fourth-order valence-electron chi connectivity index (χ4n) is 2.05. The molecule has 1 amide bonds. The minimum Gasteiger partial charge on any atom is -0.356 e. The van der Waals surface area contributed by atoms with Gasteiger partial charge in [-0.2, -0.15) is 0 Å². The van der Waals surface area contributed by atoms with Crippen molar-refractivity contribution in [3.63, 3.8) is 0 Å². The van der Waals surface area contributed by atoms with Gasteiger partial charge in [0.05, 0.1) is 11.5 Å². The molecule has 2 heterocycles. The average molecular weight is 286 g/mol. The number of hydrogen-bond acceptors (Lipinski definition) is 5. The van der Waals surface area contributed by atoms with Gasteiger partial charge in [0.25, 0.3) is 0 Å². The van der Waals surface area contributed by atoms with Crippen molar-refractivity contribution in [1.29, 1.82) is 0 Å². The van der Waals surface area contributed by atoms with Gasteiger partial charge >= 0.3 is 0 Å². The number of nitrogens with one attached hydrogen (secondary N) is 3. The van der Waals surface area contributed by atoms with Crippen LogP contribution in [0, 0.1) is 0 Å². The molecule has 0 saturated carbocycles. The van der Waals surface area contributed by atoms with Gasteiger partial charge in [0.1, 0.15) is 5.82 Å². The number of imidazole rings is 1. The van der Waals surface area contributed by atoms with Crippen LogP contribution in [-0.4, -0.2) is 54.9 Å². The van der Waals surface area contributed by atoms with Crippen molar-refractivity contribution in [2.75, 3.05) is 24.6 Å². The third-order valence-corrected chi connectivity index (χ3v) is 4.71. The number of aromatic nitrogens is 2. The number of amides is 1. The summed E-state index contributed by atoms with van der Waals surface area (Å²) in [6, 6.07) is -0.276. The summed E-state index contributed by atoms with van der Waals surface area (Å²) in [5.74, 6) is 0.877. The largest absolute Gasteiger partial charge is 0.356 e. The number of hydrogen-bond donors (Lipinski definition) is 3. The molecule has 1 unspecified atom stereocenters. The van der Waals surface area contributed by atoms with E-state index in [1.54, 1.807) is 12.4 Å². The molecular formula is C11H18N4O3S. The highest BCUT2D eigenvalue weighted by atomic mass is 32.2. The maximum Gasteiger partial charge on any atom is 0.221 e. The highest BCUT2D eigenvalue weighted by molar-refractivity contribution is 7.91. The Kier molecular flexibility index (Phi) is 4.54. The van der Waals surface area contributed by atoms with Gasteiger partial charge < -0.3 is 15.6 Å². The number of rotatable bonds is 5. The molecule has 0 aliphatic carbocycles. The van der Waals surface area contributed by atoms with E-state index in [-0.39, 0.29) is 29.9 Å². The summed E-state index contributed by atoms with van der Waals surface area (Å²) in [6.45, 7) is 0.915. The molecule has 1 aromatic rings. The maximum atomic E-state index is 11.7. The number of sulfone groups is 1. The van der Waals surface area contributed by atoms with Crippen molar-refractivity contribution < 1.29 is 13.2 Å². The lowest BCUT2D eigenvalue weighted by molar-refractivity contribution is -0.121. The van der Waals surface area contributed by atoms with E-state index in [0.717, 1.165) is 5.82 Å². The second-order valence-corrected chi connectivity index (χ2v) is 6.83. The molecule has 0 radical (unpaired) electrons. The van der Waals surface area contributed by atoms with E-state index < -0.39 is 9.84 Å². The SMILES string of the molecule is O=C(CC1CS(=O)(=O)CCN1)NCCc1ncc[nH]1. The van der Waals surface area contributed by atoms with Crippen LogP contribution in [0.2, 0.25) is 0 Å². The molecular weight excluding hydrogens is 268 g/mol. The summed E-state index contributed by atoms with van der Waals surface area (Å²) >= 11 is 0. The van der Waals surface area contributed by atoms with E-state index in [1.807, 2.05) is 0 Å². The van der Waals surface area contributed by atoms with E-state index in [1.165, 1.54) is 0 Å². The smallest absolute Gasteiger partial charge is 0.221 e. The van der Waals surface area contributed by atoms with Gasteiger partial charge in [0.2, 0.25) is 5.91 Å². The maximum absolute atomic E-state index is 11.7. The first-order valence-corrected chi connectivity index (χ1v) is 8.06. The fraction of sp³-hybridized carbons (Fsp3) is 0.636. The van der Waals surface area contributed by atoms with Crippen LogP contribution >= 0.6 is 0 Å². The minimum absolute atomic E-state index is 0.0403. The first-order valence-electron chi connectivity index (χ1n) is 6.24. The third kappa shape index (κ3) is 4.64. The summed E-state index contributed by atoms with van der Waals surface area (Å²) < 4.78 is 22.9. The van der Waals surface area contributed by atoms with Crippen LogP contribution in [0.25, 0.3) is 0 Å². The lowest BCUT2D eigenvalue weighted by atomic mass is 10.2. The standard InChI is InChI=1S/C11H18N4O3S/c16-11(15-2-1-10-13-3-4-14-10)7-9-8-19(17,18)6-5-12-9/h3-4,9,12H,1-2,5-8H2,(H,13,14)(H,15,16). The Hall–Kier alpha value is -1.41. The molecule has 106 valence electrons. The molecule has 0 spiro atoms. The molecule has 7 nitrogen and oxygen atoms in total. The van der Waals surface area contributed by atoms with Crippen LogP contribution in [0.1, 0.15) is 12.2 Å². The van der Waals surface area contributed by atoms with E-state index >= 15 is 0 Å². The lowest BCUT2D eigenvalue weighted by Gasteiger charge is -2.23. The van der Waals surface area contributed by atoms with Gasteiger partial charge in [-0.1, -0.05) is 0 Å². The van der Waals surface area contributed by atoms with Crippen LogP contribution in [-0.2, 0) is 21.1 Å². The molecule has 1 aliphatic rings. The molecule has 1 aromatic heterocycles. The zero-order chi connectivity index (χ0) is 13.7. The van der Waals surface area contributed by atoms with Crippen molar-refractivity contribution in [3.05, 3.63) is 18.2 Å². The van der Waals surface area contributed by atoms with Gasteiger partial charge in [-0.25, -0.2) is 13.4 Å². The van der Waals surface area contributed by atoms with Crippen LogP contribution in [0.5, 0.6) is 0 Å². The molecule has 1 fully saturated rings. The van der Waals surface area contributed by atoms with Gasteiger partial charge in [-0.3, -0.25) is 4.79 Å². The highest BCUT2D eigenvalue weighted by Gasteiger charge is 2.25. The summed E-state index contributed by atoms with van der Waals surface area (Å²) in [5, 5.41) is 5.81. The summed E-state index contributed by atoms with van der Waals surface area (Å²) in [5.41, 5.74) is 0. The third-order valence-electron chi connectivity index (χ3n) is 2.97. The minimum atomic E-state index is -2.99. The molecule has 8 heteroatoms. The normalized spacial score (nSPS) is 22.0. The molecule has 19 heavy (non-hydrogen) atoms. The highest BCUT2D eigenvalue weighted by Crippen LogP contribution is 2.04. The Morgan fingerprint density at radius 1 is 1.53 bits per heavy atom. The Balaban J connectivity index is 1.69. The van der Waals surface area contributed by atoms with Crippen LogP contribution in [0.3, 0.4) is 0 Å². The fourth-order valence-corrected chi connectivity index (χ4v) is 3.49. The van der Waals surface area contributed by atoms with Crippen molar-refractivity contribution in [3.8, 4) is 0 Å². The van der Waals surface area contributed by atoms with Gasteiger partial charge in [0.15, 0.2) is 9.84 Å².